The number of aryl methyl sites for hydroxylation is 1. The van der Waals surface area contributed by atoms with Gasteiger partial charge in [0.2, 0.25) is 0 Å². The molecule has 3 rings (SSSR count). The Kier molecular flexibility index (Phi) is 11.0. The average Bonchev–Trinajstić information content (AvgIpc) is 2.96. The van der Waals surface area contributed by atoms with Crippen molar-refractivity contribution in [2.75, 3.05) is 34.0 Å². The van der Waals surface area contributed by atoms with Gasteiger partial charge in [0.05, 0.1) is 32.6 Å². The second-order valence-corrected chi connectivity index (χ2v) is 8.36. The maximum atomic E-state index is 13.4. The highest BCUT2D eigenvalue weighted by Gasteiger charge is 2.20. The van der Waals surface area contributed by atoms with Crippen LogP contribution < -0.4 is 11.0 Å². The smallest absolute Gasteiger partial charge is 0.341 e. The third-order valence-corrected chi connectivity index (χ3v) is 5.83. The van der Waals surface area contributed by atoms with Crippen LogP contribution in [0.4, 0.5) is 0 Å². The predicted molar refractivity (Wildman–Crippen MR) is 150 cm³/mol. The van der Waals surface area contributed by atoms with Gasteiger partial charge in [0.15, 0.2) is 5.49 Å². The second kappa shape index (κ2) is 14.6. The van der Waals surface area contributed by atoms with Crippen LogP contribution in [0.3, 0.4) is 0 Å². The maximum absolute atomic E-state index is 13.4. The molecule has 212 valence electrons. The number of carbonyl (C=O) groups is 2. The summed E-state index contributed by atoms with van der Waals surface area (Å²) in [4.78, 5) is 48.6. The molecule has 3 aromatic rings. The molecular formula is C29H34N4O7. The molecule has 0 saturated carbocycles. The first-order valence-corrected chi connectivity index (χ1v) is 12.9. The molecule has 0 aliphatic carbocycles. The minimum absolute atomic E-state index is 0.0157. The summed E-state index contributed by atoms with van der Waals surface area (Å²) in [5, 5.41) is 0.192. The summed E-state index contributed by atoms with van der Waals surface area (Å²) < 4.78 is 24.2. The fourth-order valence-corrected chi connectivity index (χ4v) is 3.93. The number of rotatable bonds is 13. The first-order chi connectivity index (χ1) is 19.4. The van der Waals surface area contributed by atoms with Gasteiger partial charge in [-0.2, -0.15) is 4.99 Å². The van der Waals surface area contributed by atoms with E-state index >= 15 is 0 Å². The van der Waals surface area contributed by atoms with Gasteiger partial charge in [-0.3, -0.25) is 14.0 Å². The lowest BCUT2D eigenvalue weighted by atomic mass is 10.2. The Bertz CT molecular complexity index is 1580. The summed E-state index contributed by atoms with van der Waals surface area (Å²) in [7, 11) is 2.95. The average molecular weight is 551 g/mol. The number of amides is 1. The summed E-state index contributed by atoms with van der Waals surface area (Å²) in [6, 6.07) is 6.58. The Morgan fingerprint density at radius 1 is 1.12 bits per heavy atom. The van der Waals surface area contributed by atoms with E-state index in [4.69, 9.17) is 18.9 Å². The second-order valence-electron chi connectivity index (χ2n) is 8.36. The van der Waals surface area contributed by atoms with Crippen molar-refractivity contribution in [3.63, 3.8) is 0 Å². The molecule has 0 aliphatic heterocycles. The van der Waals surface area contributed by atoms with Gasteiger partial charge in [-0.15, -0.1) is 0 Å². The zero-order chi connectivity index (χ0) is 29.1. The number of nitrogens with zero attached hydrogens (tertiary/aromatic N) is 4. The van der Waals surface area contributed by atoms with Crippen LogP contribution in [0.1, 0.15) is 37.0 Å². The van der Waals surface area contributed by atoms with E-state index in [1.807, 2.05) is 6.92 Å². The van der Waals surface area contributed by atoms with Gasteiger partial charge < -0.3 is 23.5 Å². The lowest BCUT2D eigenvalue weighted by molar-refractivity contribution is -0.117. The van der Waals surface area contributed by atoms with E-state index in [0.29, 0.717) is 42.4 Å². The van der Waals surface area contributed by atoms with Gasteiger partial charge in [-0.25, -0.2) is 9.78 Å². The van der Waals surface area contributed by atoms with Crippen molar-refractivity contribution >= 4 is 28.6 Å². The number of ether oxygens (including phenoxy) is 4. The number of hydrogen-bond donors (Lipinski definition) is 0. The summed E-state index contributed by atoms with van der Waals surface area (Å²) in [6.07, 6.45) is 6.61. The molecule has 3 aromatic heterocycles. The largest absolute Gasteiger partial charge is 0.497 e. The highest BCUT2D eigenvalue weighted by atomic mass is 16.5. The molecule has 0 bridgehead atoms. The van der Waals surface area contributed by atoms with Crippen LogP contribution in [0, 0.1) is 0 Å². The fourth-order valence-electron chi connectivity index (χ4n) is 3.93. The number of carbonyl (C=O) groups excluding carboxylic acids is 2. The van der Waals surface area contributed by atoms with Crippen molar-refractivity contribution in [1.29, 1.82) is 0 Å². The third-order valence-electron chi connectivity index (χ3n) is 5.83. The molecule has 0 unspecified atom stereocenters. The SMILES string of the molecule is C=C/C(=C\C(=C/CC(=O)N=c1c(C(=O)OCC)cc2c(=O)n3ccccc3nc2n1CCCOCC)OC)OC. The topological polar surface area (TPSA) is 123 Å². The molecule has 0 atom stereocenters. The fraction of sp³-hybridized carbons (Fsp3) is 0.345. The third kappa shape index (κ3) is 7.11. The van der Waals surface area contributed by atoms with E-state index in [9.17, 15) is 14.4 Å². The summed E-state index contributed by atoms with van der Waals surface area (Å²) in [5.74, 6) is -0.441. The molecule has 1 amide bonds. The van der Waals surface area contributed by atoms with E-state index in [1.54, 1.807) is 42.0 Å². The number of pyridine rings is 2. The number of hydrogen-bond acceptors (Lipinski definition) is 8. The molecule has 0 aromatic carbocycles. The highest BCUT2D eigenvalue weighted by molar-refractivity contribution is 5.93. The number of allylic oxidation sites excluding steroid dienone is 2. The number of esters is 1. The zero-order valence-corrected chi connectivity index (χ0v) is 23.2. The van der Waals surface area contributed by atoms with Gasteiger partial charge in [0.25, 0.3) is 11.5 Å². The Labute approximate surface area is 231 Å². The minimum atomic E-state index is -0.709. The predicted octanol–water partition coefficient (Wildman–Crippen LogP) is 3.32. The van der Waals surface area contributed by atoms with Crippen molar-refractivity contribution in [3.8, 4) is 0 Å². The van der Waals surface area contributed by atoms with Crippen LogP contribution >= 0.6 is 0 Å². The van der Waals surface area contributed by atoms with Crippen molar-refractivity contribution in [2.24, 2.45) is 4.99 Å². The van der Waals surface area contributed by atoms with Crippen molar-refractivity contribution in [3.05, 3.63) is 88.2 Å². The quantitative estimate of drug-likeness (QED) is 0.104. The Morgan fingerprint density at radius 3 is 2.58 bits per heavy atom. The van der Waals surface area contributed by atoms with Crippen LogP contribution in [0.2, 0.25) is 0 Å². The molecule has 0 spiro atoms. The van der Waals surface area contributed by atoms with Gasteiger partial charge in [0, 0.05) is 32.0 Å². The molecule has 0 N–H and O–H groups in total. The molecule has 11 heteroatoms. The van der Waals surface area contributed by atoms with Crippen LogP contribution in [0.5, 0.6) is 0 Å². The minimum Gasteiger partial charge on any atom is -0.497 e. The summed E-state index contributed by atoms with van der Waals surface area (Å²) >= 11 is 0. The van der Waals surface area contributed by atoms with E-state index in [2.05, 4.69) is 16.6 Å². The van der Waals surface area contributed by atoms with Crippen LogP contribution in [0.15, 0.2) is 76.6 Å². The lowest BCUT2D eigenvalue weighted by Crippen LogP contribution is -2.33. The highest BCUT2D eigenvalue weighted by Crippen LogP contribution is 2.13. The van der Waals surface area contributed by atoms with Crippen LogP contribution in [-0.2, 0) is 30.3 Å². The maximum Gasteiger partial charge on any atom is 0.341 e. The van der Waals surface area contributed by atoms with Gasteiger partial charge >= 0.3 is 5.97 Å². The van der Waals surface area contributed by atoms with E-state index < -0.39 is 11.9 Å². The first-order valence-electron chi connectivity index (χ1n) is 12.9. The standard InChI is InChI=1S/C29H34N4O7/c1-6-20(37-4)18-21(38-5)13-14-25(34)31-27-23(29(36)40-8-3)19-22-26(33(27)16-11-17-39-7-2)30-24-12-9-10-15-32(24)28(22)35/h6,9-10,12-13,15,18-19H,1,7-8,11,14,16-17H2,2-5H3/b20-18+,21-13+,31-27?. The molecule has 0 fully saturated rings. The first kappa shape index (κ1) is 30.0. The normalized spacial score (nSPS) is 12.6. The van der Waals surface area contributed by atoms with Crippen molar-refractivity contribution in [1.82, 2.24) is 14.0 Å². The lowest BCUT2D eigenvalue weighted by Gasteiger charge is -2.15. The van der Waals surface area contributed by atoms with E-state index in [1.165, 1.54) is 36.8 Å². The monoisotopic (exact) mass is 550 g/mol. The molecule has 40 heavy (non-hydrogen) atoms. The molecular weight excluding hydrogens is 516 g/mol. The van der Waals surface area contributed by atoms with Crippen LogP contribution in [0.25, 0.3) is 16.7 Å². The molecule has 3 heterocycles. The number of methoxy groups -OCH3 is 2. The summed E-state index contributed by atoms with van der Waals surface area (Å²) in [5.41, 5.74) is 0.372. The van der Waals surface area contributed by atoms with Gasteiger partial charge in [-0.1, -0.05) is 12.6 Å². The Morgan fingerprint density at radius 2 is 1.90 bits per heavy atom. The van der Waals surface area contributed by atoms with Gasteiger partial charge in [0.1, 0.15) is 28.4 Å². The van der Waals surface area contributed by atoms with E-state index in [0.717, 1.165) is 0 Å². The zero-order valence-electron chi connectivity index (χ0n) is 23.2. The Hall–Kier alpha value is -4.51. The molecule has 0 aliphatic rings. The van der Waals surface area contributed by atoms with Crippen molar-refractivity contribution < 1.29 is 28.5 Å². The molecule has 11 nitrogen and oxygen atoms in total. The Balaban J connectivity index is 2.27. The number of aromatic nitrogens is 3. The summed E-state index contributed by atoms with van der Waals surface area (Å²) in [6.45, 7) is 8.56. The van der Waals surface area contributed by atoms with Crippen LogP contribution in [-0.4, -0.2) is 59.9 Å². The van der Waals surface area contributed by atoms with E-state index in [-0.39, 0.29) is 41.6 Å². The van der Waals surface area contributed by atoms with Crippen molar-refractivity contribution in [2.45, 2.75) is 33.2 Å². The molecule has 0 saturated heterocycles. The van der Waals surface area contributed by atoms with Gasteiger partial charge in [-0.05, 0) is 50.6 Å². The number of fused-ring (bicyclic) bond motifs is 2. The molecule has 0 radical (unpaired) electrons.